The molecule has 56 valence electrons. The van der Waals surface area contributed by atoms with Crippen molar-refractivity contribution in [1.29, 1.82) is 0 Å². The van der Waals surface area contributed by atoms with Crippen molar-refractivity contribution >= 4 is 14.6 Å². The van der Waals surface area contributed by atoms with E-state index < -0.39 is 14.6 Å². The second kappa shape index (κ2) is 17.3. The van der Waals surface area contributed by atoms with Crippen LogP contribution in [-0.2, 0) is 43.5 Å². The molecule has 0 aliphatic carbocycles. The van der Waals surface area contributed by atoms with Gasteiger partial charge in [0.15, 0.2) is 0 Å². The Morgan fingerprint density at radius 1 is 0.727 bits per heavy atom. The summed E-state index contributed by atoms with van der Waals surface area (Å²) in [6, 6.07) is 0. The van der Waals surface area contributed by atoms with E-state index in [1.807, 2.05) is 0 Å². The predicted octanol–water partition coefficient (Wildman–Crippen LogP) is -7.24. The van der Waals surface area contributed by atoms with Gasteiger partial charge in [0, 0.05) is 14.6 Å². The molecule has 0 heterocycles. The van der Waals surface area contributed by atoms with E-state index in [4.69, 9.17) is 20.1 Å². The van der Waals surface area contributed by atoms with Gasteiger partial charge in [-0.15, -0.1) is 0 Å². The van der Waals surface area contributed by atoms with Gasteiger partial charge in [-0.25, -0.2) is 0 Å². The van der Waals surface area contributed by atoms with Gasteiger partial charge in [0.25, 0.3) is 0 Å². The summed E-state index contributed by atoms with van der Waals surface area (Å²) in [6.07, 6.45) is 0. The molecule has 0 aliphatic heterocycles. The Hall–Kier alpha value is 1.10. The van der Waals surface area contributed by atoms with Gasteiger partial charge >= 0.3 is 39.0 Å². The summed E-state index contributed by atoms with van der Waals surface area (Å²) in [5.74, 6) is 0. The summed E-state index contributed by atoms with van der Waals surface area (Å²) in [4.78, 5) is 0. The Bertz CT molecular complexity index is 43.7. The Labute approximate surface area is 89.2 Å². The molecule has 0 saturated heterocycles. The Balaban J connectivity index is -0.0000000300. The third-order valence-corrected chi connectivity index (χ3v) is 0.222. The molecule has 0 unspecified atom stereocenters. The summed E-state index contributed by atoms with van der Waals surface area (Å²) >= 11 is 0. The van der Waals surface area contributed by atoms with Crippen molar-refractivity contribution in [2.45, 2.75) is 0 Å². The molecule has 0 bridgehead atoms. The van der Waals surface area contributed by atoms with E-state index in [1.54, 1.807) is 0 Å². The molecule has 0 radical (unpaired) electrons. The van der Waals surface area contributed by atoms with Crippen LogP contribution in [0.3, 0.4) is 0 Å². The van der Waals surface area contributed by atoms with Gasteiger partial charge in [-0.1, -0.05) is 0 Å². The zero-order valence-corrected chi connectivity index (χ0v) is 11.5. The van der Waals surface area contributed by atoms with Crippen LogP contribution in [0.25, 0.3) is 0 Å². The van der Waals surface area contributed by atoms with Crippen molar-refractivity contribution in [3.05, 3.63) is 0 Å². The van der Waals surface area contributed by atoms with Gasteiger partial charge in [-0.2, -0.15) is 0 Å². The number of hydrogen-bond acceptors (Lipinski definition) is 5. The summed E-state index contributed by atoms with van der Waals surface area (Å²) in [5.41, 5.74) is 0. The van der Waals surface area contributed by atoms with E-state index in [0.29, 0.717) is 0 Å². The number of hydrogen-bond donors (Lipinski definition) is 0. The molecule has 11 heteroatoms. The molecule has 0 spiro atoms. The van der Waals surface area contributed by atoms with E-state index in [2.05, 4.69) is 4.57 Å². The maximum atomic E-state index is 9.16. The summed E-state index contributed by atoms with van der Waals surface area (Å²) in [6.45, 7) is 0. The van der Waals surface area contributed by atoms with Crippen molar-refractivity contribution in [3.8, 4) is 0 Å². The first-order chi connectivity index (χ1) is 3.13. The summed E-state index contributed by atoms with van der Waals surface area (Å²) in [7, 11) is -5.50. The SMILES string of the molecule is O.O.[O-]B([O-])OB([O-])[O-].[Zn+2].[Zn+2]. The van der Waals surface area contributed by atoms with Crippen LogP contribution in [-0.4, -0.2) is 25.6 Å². The fourth-order valence-corrected chi connectivity index (χ4v) is 0.0907. The molecule has 0 aliphatic rings. The van der Waals surface area contributed by atoms with Crippen LogP contribution in [0, 0.1) is 0 Å². The first-order valence-corrected chi connectivity index (χ1v) is 1.41. The van der Waals surface area contributed by atoms with Gasteiger partial charge in [-0.3, -0.25) is 0 Å². The summed E-state index contributed by atoms with van der Waals surface area (Å²) in [5, 5.41) is 36.6. The van der Waals surface area contributed by atoms with E-state index in [0.717, 1.165) is 0 Å². The molecule has 4 N–H and O–H groups in total. The monoisotopic (exact) mass is 266 g/mol. The third kappa shape index (κ3) is 35.3. The van der Waals surface area contributed by atoms with Crippen molar-refractivity contribution in [3.63, 3.8) is 0 Å². The molecule has 11 heavy (non-hydrogen) atoms. The smallest absolute Gasteiger partial charge is 0.872 e. The van der Waals surface area contributed by atoms with Crippen molar-refractivity contribution in [2.24, 2.45) is 0 Å². The van der Waals surface area contributed by atoms with Crippen LogP contribution in [0.4, 0.5) is 0 Å². The normalized spacial score (nSPS) is 5.45. The molecule has 0 amide bonds. The molecule has 0 rings (SSSR count). The second-order valence-electron chi connectivity index (χ2n) is 0.713. The average Bonchev–Trinajstić information content (AvgIpc) is 1.27. The van der Waals surface area contributed by atoms with Crippen molar-refractivity contribution < 1.29 is 74.6 Å². The molecule has 0 atom stereocenters. The van der Waals surface area contributed by atoms with E-state index in [-0.39, 0.29) is 49.9 Å². The van der Waals surface area contributed by atoms with Crippen LogP contribution in [0.5, 0.6) is 0 Å². The van der Waals surface area contributed by atoms with Crippen molar-refractivity contribution in [1.82, 2.24) is 0 Å². The van der Waals surface area contributed by atoms with Crippen LogP contribution >= 0.6 is 0 Å². The van der Waals surface area contributed by atoms with Crippen LogP contribution in [0.15, 0.2) is 0 Å². The fraction of sp³-hybridized carbons (Fsp3) is 0. The Kier molecular flexibility index (Phi) is 46.4. The third-order valence-electron chi connectivity index (χ3n) is 0.222. The van der Waals surface area contributed by atoms with Crippen LogP contribution < -0.4 is 20.1 Å². The Morgan fingerprint density at radius 2 is 0.909 bits per heavy atom. The first-order valence-electron chi connectivity index (χ1n) is 1.41. The van der Waals surface area contributed by atoms with Crippen LogP contribution in [0.1, 0.15) is 0 Å². The molecule has 7 nitrogen and oxygen atoms in total. The van der Waals surface area contributed by atoms with E-state index >= 15 is 0 Å². The zero-order valence-electron chi connectivity index (χ0n) is 5.61. The molecule has 0 saturated carbocycles. The number of rotatable bonds is 2. The average molecular weight is 268 g/mol. The van der Waals surface area contributed by atoms with E-state index in [1.165, 1.54) is 0 Å². The predicted molar refractivity (Wildman–Crippen MR) is 19.8 cm³/mol. The standard InChI is InChI=1S/B2O5.2H2O.2Zn/c3-1(4)7-2(5)6;;;;/h;2*1H2;;/q-4;;;2*+2. The molecule has 0 aromatic heterocycles. The quantitative estimate of drug-likeness (QED) is 0.453. The van der Waals surface area contributed by atoms with Gasteiger partial charge in [0.05, 0.1) is 0 Å². The maximum absolute atomic E-state index is 9.16. The van der Waals surface area contributed by atoms with Gasteiger partial charge in [-0.05, 0) is 0 Å². The van der Waals surface area contributed by atoms with Gasteiger partial charge in [0.2, 0.25) is 0 Å². The Morgan fingerprint density at radius 3 is 0.909 bits per heavy atom. The molecule has 0 fully saturated rings. The molecular weight excluding hydrogens is 264 g/mol. The van der Waals surface area contributed by atoms with Gasteiger partial charge in [0.1, 0.15) is 0 Å². The van der Waals surface area contributed by atoms with E-state index in [9.17, 15) is 0 Å². The first kappa shape index (κ1) is 29.6. The van der Waals surface area contributed by atoms with Crippen LogP contribution in [0.2, 0.25) is 0 Å². The van der Waals surface area contributed by atoms with Gasteiger partial charge < -0.3 is 35.6 Å². The molecular formula is H4B2O7Zn2. The maximum Gasteiger partial charge on any atom is 2.00 e. The largest absolute Gasteiger partial charge is 2.00 e. The summed E-state index contributed by atoms with van der Waals surface area (Å²) < 4.78 is 3.03. The second-order valence-corrected chi connectivity index (χ2v) is 0.713. The molecule has 0 aromatic carbocycles. The zero-order chi connectivity index (χ0) is 5.86. The topological polar surface area (TPSA) is 164 Å². The fourth-order valence-electron chi connectivity index (χ4n) is 0.0907. The minimum absolute atomic E-state index is 0. The minimum atomic E-state index is -2.75. The molecule has 0 aromatic rings. The minimum Gasteiger partial charge on any atom is -0.872 e. The van der Waals surface area contributed by atoms with Crippen molar-refractivity contribution in [2.75, 3.05) is 0 Å².